The Balaban J connectivity index is 1.37. The summed E-state index contributed by atoms with van der Waals surface area (Å²) < 4.78 is 5.42. The van der Waals surface area contributed by atoms with Gasteiger partial charge in [-0.05, 0) is 79.8 Å². The minimum absolute atomic E-state index is 0.0482. The number of allylic oxidation sites excluding steroid dienone is 2. The summed E-state index contributed by atoms with van der Waals surface area (Å²) >= 11 is 6.07. The molecule has 6 unspecified atom stereocenters. The second-order valence-corrected chi connectivity index (χ2v) is 12.4. The quantitative estimate of drug-likeness (QED) is 0.316. The van der Waals surface area contributed by atoms with Crippen LogP contribution in [-0.4, -0.2) is 35.8 Å². The number of carbonyl (C=O) groups is 4. The van der Waals surface area contributed by atoms with Crippen LogP contribution in [0.15, 0.2) is 84.4 Å². The van der Waals surface area contributed by atoms with Gasteiger partial charge in [-0.25, -0.2) is 4.90 Å². The number of carbonyl (C=O) groups excluding carboxylic acids is 4. The first-order chi connectivity index (χ1) is 20.7. The van der Waals surface area contributed by atoms with Crippen LogP contribution >= 0.6 is 11.6 Å². The maximum atomic E-state index is 14.4. The van der Waals surface area contributed by atoms with Crippen molar-refractivity contribution in [2.75, 3.05) is 16.9 Å². The van der Waals surface area contributed by atoms with E-state index in [4.69, 9.17) is 16.3 Å². The Hall–Kier alpha value is -4.43. The van der Waals surface area contributed by atoms with E-state index >= 15 is 0 Å². The smallest absolute Gasteiger partial charge is 0.241 e. The average molecular weight is 597 g/mol. The molecule has 4 amide bonds. The number of nitrogens with zero attached hydrogens (tertiary/aromatic N) is 2. The molecule has 6 atom stereocenters. The minimum Gasteiger partial charge on any atom is -0.504 e. The number of hydrogen-bond acceptors (Lipinski definition) is 6. The number of anilines is 2. The maximum absolute atomic E-state index is 14.4. The van der Waals surface area contributed by atoms with Crippen molar-refractivity contribution in [1.82, 2.24) is 0 Å². The van der Waals surface area contributed by atoms with Crippen LogP contribution < -0.4 is 14.5 Å². The Labute approximate surface area is 253 Å². The number of hydrogen-bond donors (Lipinski definition) is 1. The molecule has 4 aliphatic rings. The van der Waals surface area contributed by atoms with Crippen molar-refractivity contribution in [3.63, 3.8) is 0 Å². The molecule has 8 nitrogen and oxygen atoms in total. The summed E-state index contributed by atoms with van der Waals surface area (Å²) in [5.41, 5.74) is 1.33. The van der Waals surface area contributed by atoms with Crippen molar-refractivity contribution in [1.29, 1.82) is 0 Å². The average Bonchev–Trinajstić information content (AvgIpc) is 3.38. The summed E-state index contributed by atoms with van der Waals surface area (Å²) in [6.07, 6.45) is 2.59. The number of imide groups is 2. The molecule has 7 rings (SSSR count). The number of ether oxygens (including phenoxy) is 1. The number of phenols is 1. The van der Waals surface area contributed by atoms with Crippen molar-refractivity contribution >= 4 is 46.6 Å². The van der Waals surface area contributed by atoms with Crippen LogP contribution in [0, 0.1) is 29.1 Å². The molecule has 0 radical (unpaired) electrons. The lowest BCUT2D eigenvalue weighted by Crippen LogP contribution is -2.48. The zero-order valence-corrected chi connectivity index (χ0v) is 24.3. The van der Waals surface area contributed by atoms with Gasteiger partial charge >= 0.3 is 0 Å². The molecule has 3 aromatic rings. The monoisotopic (exact) mass is 596 g/mol. The maximum Gasteiger partial charge on any atom is 0.241 e. The van der Waals surface area contributed by atoms with Gasteiger partial charge in [0, 0.05) is 10.9 Å². The Kier molecular flexibility index (Phi) is 6.25. The van der Waals surface area contributed by atoms with E-state index < -0.39 is 35.0 Å². The molecule has 1 N–H and O–H groups in total. The fraction of sp³-hybridized carbons (Fsp3) is 0.294. The van der Waals surface area contributed by atoms with E-state index in [0.717, 1.165) is 5.57 Å². The summed E-state index contributed by atoms with van der Waals surface area (Å²) in [7, 11) is 1.45. The number of aromatic hydroxyl groups is 1. The van der Waals surface area contributed by atoms with Gasteiger partial charge in [0.15, 0.2) is 11.5 Å². The van der Waals surface area contributed by atoms with Gasteiger partial charge in [0.1, 0.15) is 0 Å². The minimum atomic E-state index is -1.17. The van der Waals surface area contributed by atoms with E-state index in [-0.39, 0.29) is 41.5 Å². The van der Waals surface area contributed by atoms with E-state index in [9.17, 15) is 24.3 Å². The van der Waals surface area contributed by atoms with E-state index in [0.29, 0.717) is 28.4 Å². The highest BCUT2D eigenvalue weighted by atomic mass is 35.5. The normalized spacial score (nSPS) is 29.7. The number of phenolic OH excluding ortho intramolecular Hbond substituents is 1. The fourth-order valence-corrected chi connectivity index (χ4v) is 8.06. The van der Waals surface area contributed by atoms with Gasteiger partial charge < -0.3 is 9.84 Å². The van der Waals surface area contributed by atoms with Crippen LogP contribution in [0.5, 0.6) is 11.5 Å². The highest BCUT2D eigenvalue weighted by molar-refractivity contribution is 6.31. The first-order valence-corrected chi connectivity index (χ1v) is 14.7. The molecule has 1 saturated carbocycles. The summed E-state index contributed by atoms with van der Waals surface area (Å²) in [4.78, 5) is 58.9. The molecule has 2 aliphatic heterocycles. The Bertz CT molecular complexity index is 1720. The predicted octanol–water partition coefficient (Wildman–Crippen LogP) is 5.49. The largest absolute Gasteiger partial charge is 0.504 e. The van der Waals surface area contributed by atoms with Crippen molar-refractivity contribution < 1.29 is 29.0 Å². The number of amides is 4. The number of methoxy groups -OCH3 is 1. The van der Waals surface area contributed by atoms with Crippen LogP contribution in [0.3, 0.4) is 0 Å². The molecule has 9 heteroatoms. The number of halogens is 1. The van der Waals surface area contributed by atoms with Crippen LogP contribution in [0.4, 0.5) is 11.4 Å². The molecule has 218 valence electrons. The third-order valence-corrected chi connectivity index (χ3v) is 10.2. The van der Waals surface area contributed by atoms with E-state index in [2.05, 4.69) is 0 Å². The lowest BCUT2D eigenvalue weighted by Gasteiger charge is -2.49. The second-order valence-electron chi connectivity index (χ2n) is 11.9. The predicted molar refractivity (Wildman–Crippen MR) is 160 cm³/mol. The molecule has 2 aliphatic carbocycles. The molecular formula is C34H29ClN2O6. The first-order valence-electron chi connectivity index (χ1n) is 14.3. The number of benzene rings is 3. The molecule has 2 heterocycles. The lowest BCUT2D eigenvalue weighted by atomic mass is 9.51. The summed E-state index contributed by atoms with van der Waals surface area (Å²) in [6, 6.07) is 20.4. The van der Waals surface area contributed by atoms with Gasteiger partial charge in [-0.15, -0.1) is 0 Å². The zero-order chi connectivity index (χ0) is 30.2. The topological polar surface area (TPSA) is 104 Å². The summed E-state index contributed by atoms with van der Waals surface area (Å²) in [5, 5.41) is 10.9. The number of rotatable bonds is 4. The van der Waals surface area contributed by atoms with Crippen molar-refractivity contribution in [2.45, 2.75) is 25.7 Å². The standard InChI is InChI=1S/C34H29ClN2O6/c1-34-25(31(40)37(33(34)42)20-6-4-3-5-7-20)17-24-22(29(34)18-8-15-26(38)27(16-18)43-2)13-14-23-28(24)32(41)36(30(23)39)21-11-9-19(35)10-12-21/h3-13,15-16,23-25,28-29,38H,14,17H2,1-2H3. The molecule has 43 heavy (non-hydrogen) atoms. The lowest BCUT2D eigenvalue weighted by molar-refractivity contribution is -0.131. The molecule has 0 aromatic heterocycles. The molecule has 3 aromatic carbocycles. The van der Waals surface area contributed by atoms with Gasteiger partial charge in [-0.1, -0.05) is 47.5 Å². The van der Waals surface area contributed by atoms with E-state index in [1.54, 1.807) is 60.7 Å². The van der Waals surface area contributed by atoms with Crippen LogP contribution in [0.2, 0.25) is 5.02 Å². The molecular weight excluding hydrogens is 568 g/mol. The third-order valence-electron chi connectivity index (χ3n) is 9.91. The van der Waals surface area contributed by atoms with Crippen LogP contribution in [-0.2, 0) is 19.2 Å². The third kappa shape index (κ3) is 3.82. The van der Waals surface area contributed by atoms with E-state index in [1.165, 1.54) is 23.0 Å². The molecule has 3 fully saturated rings. The van der Waals surface area contributed by atoms with Gasteiger partial charge in [0.05, 0.1) is 41.7 Å². The molecule has 0 bridgehead atoms. The highest BCUT2D eigenvalue weighted by Crippen LogP contribution is 2.64. The van der Waals surface area contributed by atoms with Crippen molar-refractivity contribution in [3.05, 3.63) is 95.0 Å². The van der Waals surface area contributed by atoms with Crippen molar-refractivity contribution in [2.24, 2.45) is 29.1 Å². The SMILES string of the molecule is COc1cc(C2C3=CCC4C(=O)N(c5ccc(Cl)cc5)C(=O)C4C3CC3C(=O)N(c4ccccc4)C(=O)C32C)ccc1O. The second kappa shape index (κ2) is 9.81. The van der Waals surface area contributed by atoms with Gasteiger partial charge in [0.2, 0.25) is 23.6 Å². The van der Waals surface area contributed by atoms with Gasteiger partial charge in [-0.3, -0.25) is 24.1 Å². The summed E-state index contributed by atoms with van der Waals surface area (Å²) in [5.74, 6) is -4.05. The first kappa shape index (κ1) is 27.4. The van der Waals surface area contributed by atoms with Crippen LogP contribution in [0.1, 0.15) is 31.2 Å². The molecule has 0 spiro atoms. The molecule has 2 saturated heterocycles. The Morgan fingerprint density at radius 3 is 2.26 bits per heavy atom. The number of para-hydroxylation sites is 1. The fourth-order valence-electron chi connectivity index (χ4n) is 7.94. The van der Waals surface area contributed by atoms with E-state index in [1.807, 2.05) is 19.1 Å². The zero-order valence-electron chi connectivity index (χ0n) is 23.6. The number of fused-ring (bicyclic) bond motifs is 4. The van der Waals surface area contributed by atoms with Gasteiger partial charge in [0.25, 0.3) is 0 Å². The Morgan fingerprint density at radius 1 is 0.860 bits per heavy atom. The van der Waals surface area contributed by atoms with Crippen molar-refractivity contribution in [3.8, 4) is 11.5 Å². The van der Waals surface area contributed by atoms with Gasteiger partial charge in [-0.2, -0.15) is 0 Å². The summed E-state index contributed by atoms with van der Waals surface area (Å²) in [6.45, 7) is 1.83. The Morgan fingerprint density at radius 2 is 1.56 bits per heavy atom. The van der Waals surface area contributed by atoms with Crippen LogP contribution in [0.25, 0.3) is 0 Å². The highest BCUT2D eigenvalue weighted by Gasteiger charge is 2.67.